The van der Waals surface area contributed by atoms with Crippen LogP contribution in [-0.2, 0) is 16.2 Å². The Kier molecular flexibility index (Phi) is 7.77. The van der Waals surface area contributed by atoms with E-state index in [1.165, 1.54) is 127 Å². The summed E-state index contributed by atoms with van der Waals surface area (Å²) in [4.78, 5) is 2.58. The number of nitrogens with zero attached hydrogens (tertiary/aromatic N) is 1. The first-order valence-corrected chi connectivity index (χ1v) is 24.4. The molecule has 0 N–H and O–H groups in total. The number of fused-ring (bicyclic) bond motifs is 9. The molecule has 0 aliphatic heterocycles. The van der Waals surface area contributed by atoms with Crippen LogP contribution >= 0.6 is 0 Å². The minimum absolute atomic E-state index is 0.118. The van der Waals surface area contributed by atoms with E-state index in [2.05, 4.69) is 209 Å². The summed E-state index contributed by atoms with van der Waals surface area (Å²) in [5.74, 6) is 3.35. The van der Waals surface area contributed by atoms with Crippen molar-refractivity contribution < 1.29 is 0 Å². The predicted octanol–water partition coefficient (Wildman–Crippen LogP) is 16.8. The fraction of sp³-hybridized carbons (Fsp3) is 0.250. The lowest BCUT2D eigenvalue weighted by atomic mass is 9.43. The SMILES string of the molecule is CC1(C)c2ccccc2-c2ccc(N(c3ccc(-c4ccccc4)c(-c4ccc5c(c4)-c4ccccc4C54C5CC6CC(C5)CC4C6)c3)c3cccc4c3-c3ccccc3C4(C)C)cc21. The van der Waals surface area contributed by atoms with Crippen LogP contribution < -0.4 is 4.90 Å². The minimum Gasteiger partial charge on any atom is -0.310 e. The van der Waals surface area contributed by atoms with Crippen LogP contribution in [0, 0.1) is 23.7 Å². The quantitative estimate of drug-likeness (QED) is 0.167. The second kappa shape index (κ2) is 13.3. The first-order chi connectivity index (χ1) is 31.7. The van der Waals surface area contributed by atoms with Gasteiger partial charge in [-0.2, -0.15) is 0 Å². The van der Waals surface area contributed by atoms with Crippen molar-refractivity contribution >= 4 is 17.1 Å². The Morgan fingerprint density at radius 1 is 0.354 bits per heavy atom. The highest BCUT2D eigenvalue weighted by Gasteiger charge is 2.61. The van der Waals surface area contributed by atoms with E-state index >= 15 is 0 Å². The van der Waals surface area contributed by atoms with Crippen molar-refractivity contribution in [3.63, 3.8) is 0 Å². The van der Waals surface area contributed by atoms with Crippen LogP contribution in [-0.4, -0.2) is 0 Å². The van der Waals surface area contributed by atoms with Crippen molar-refractivity contribution in [3.8, 4) is 55.6 Å². The molecule has 0 saturated heterocycles. The molecule has 4 bridgehead atoms. The Bertz CT molecular complexity index is 3260. The zero-order chi connectivity index (χ0) is 43.4. The van der Waals surface area contributed by atoms with Gasteiger partial charge in [-0.3, -0.25) is 0 Å². The van der Waals surface area contributed by atoms with Gasteiger partial charge < -0.3 is 4.90 Å². The highest BCUT2D eigenvalue weighted by atomic mass is 15.1. The smallest absolute Gasteiger partial charge is 0.0543 e. The standard InChI is InChI=1S/C64H55N/c1-62(2)55-21-12-10-19-51(55)61-58(62)23-14-24-60(61)65(46-27-29-50-48-17-8-11-20-54(48)63(3,4)59(50)38-46)45-26-28-47(41-15-6-5-7-16-41)52(37-45)42-25-30-57-53(36-42)49-18-9-13-22-56(49)64(57)43-32-39-31-40(34-43)35-44(64)33-39/h5-30,36-40,43-44H,31-35H2,1-4H3. The fourth-order valence-electron chi connectivity index (χ4n) is 15.3. The summed E-state index contributed by atoms with van der Waals surface area (Å²) in [6.07, 6.45) is 7.06. The van der Waals surface area contributed by atoms with Gasteiger partial charge in [0.05, 0.1) is 5.69 Å². The third kappa shape index (κ3) is 5.05. The van der Waals surface area contributed by atoms with Gasteiger partial charge in [-0.25, -0.2) is 0 Å². The maximum Gasteiger partial charge on any atom is 0.0543 e. The zero-order valence-corrected chi connectivity index (χ0v) is 38.0. The molecule has 8 aromatic rings. The van der Waals surface area contributed by atoms with Gasteiger partial charge in [0.25, 0.3) is 0 Å². The highest BCUT2D eigenvalue weighted by molar-refractivity contribution is 5.98. The first-order valence-electron chi connectivity index (χ1n) is 24.4. The Balaban J connectivity index is 1.00. The number of hydrogen-bond acceptors (Lipinski definition) is 1. The van der Waals surface area contributed by atoms with Crippen molar-refractivity contribution in [1.29, 1.82) is 0 Å². The van der Waals surface area contributed by atoms with Gasteiger partial charge in [0.1, 0.15) is 0 Å². The number of rotatable bonds is 5. The predicted molar refractivity (Wildman–Crippen MR) is 270 cm³/mol. The molecule has 15 rings (SSSR count). The third-order valence-corrected chi connectivity index (χ3v) is 17.9. The monoisotopic (exact) mass is 837 g/mol. The van der Waals surface area contributed by atoms with E-state index in [0.29, 0.717) is 0 Å². The van der Waals surface area contributed by atoms with Gasteiger partial charge >= 0.3 is 0 Å². The lowest BCUT2D eigenvalue weighted by Crippen LogP contribution is -2.55. The maximum absolute atomic E-state index is 2.60. The summed E-state index contributed by atoms with van der Waals surface area (Å²) in [5, 5.41) is 0. The van der Waals surface area contributed by atoms with E-state index in [0.717, 1.165) is 23.7 Å². The summed E-state index contributed by atoms with van der Waals surface area (Å²) in [6.45, 7) is 9.59. The van der Waals surface area contributed by atoms with Crippen LogP contribution in [0.1, 0.15) is 93.2 Å². The van der Waals surface area contributed by atoms with Crippen molar-refractivity contribution in [1.82, 2.24) is 0 Å². The Labute approximate surface area is 384 Å². The lowest BCUT2D eigenvalue weighted by molar-refractivity contribution is -0.0399. The topological polar surface area (TPSA) is 3.24 Å². The van der Waals surface area contributed by atoms with E-state index < -0.39 is 0 Å². The molecule has 0 atom stereocenters. The number of benzene rings is 8. The second-order valence-corrected chi connectivity index (χ2v) is 21.7. The maximum atomic E-state index is 2.60. The molecule has 0 amide bonds. The summed E-state index contributed by atoms with van der Waals surface area (Å²) >= 11 is 0. The molecule has 1 nitrogen and oxygen atoms in total. The van der Waals surface area contributed by atoms with Crippen LogP contribution in [0.3, 0.4) is 0 Å². The number of anilines is 3. The van der Waals surface area contributed by atoms with Crippen LogP contribution in [0.15, 0.2) is 176 Å². The third-order valence-electron chi connectivity index (χ3n) is 17.9. The average Bonchev–Trinajstić information content (AvgIpc) is 3.85. The van der Waals surface area contributed by atoms with Crippen molar-refractivity contribution in [2.24, 2.45) is 23.7 Å². The molecule has 7 aliphatic carbocycles. The molecule has 0 unspecified atom stereocenters. The Morgan fingerprint density at radius 3 is 1.62 bits per heavy atom. The zero-order valence-electron chi connectivity index (χ0n) is 38.0. The van der Waals surface area contributed by atoms with Gasteiger partial charge in [-0.1, -0.05) is 167 Å². The molecule has 1 spiro atoms. The normalized spacial score (nSPS) is 23.7. The van der Waals surface area contributed by atoms with E-state index in [9.17, 15) is 0 Å². The molecular formula is C64H55N. The molecule has 0 radical (unpaired) electrons. The van der Waals surface area contributed by atoms with Gasteiger partial charge in [0.2, 0.25) is 0 Å². The molecule has 0 aromatic heterocycles. The largest absolute Gasteiger partial charge is 0.310 e. The van der Waals surface area contributed by atoms with Gasteiger partial charge in [0.15, 0.2) is 0 Å². The molecule has 316 valence electrons. The fourth-order valence-corrected chi connectivity index (χ4v) is 15.3. The average molecular weight is 838 g/mol. The molecule has 7 aliphatic rings. The molecule has 1 heteroatoms. The number of hydrogen-bond donors (Lipinski definition) is 0. The summed E-state index contributed by atoms with van der Waals surface area (Å²) in [5.41, 5.74) is 25.6. The molecule has 4 saturated carbocycles. The molecule has 65 heavy (non-hydrogen) atoms. The molecule has 8 aromatic carbocycles. The summed E-state index contributed by atoms with van der Waals surface area (Å²) in [6, 6.07) is 68.0. The van der Waals surface area contributed by atoms with E-state index in [4.69, 9.17) is 0 Å². The first kappa shape index (κ1) is 37.9. The van der Waals surface area contributed by atoms with Crippen LogP contribution in [0.25, 0.3) is 55.6 Å². The van der Waals surface area contributed by atoms with Gasteiger partial charge in [-0.15, -0.1) is 0 Å². The van der Waals surface area contributed by atoms with Crippen LogP contribution in [0.4, 0.5) is 17.1 Å². The lowest BCUT2D eigenvalue weighted by Gasteiger charge is -2.61. The Morgan fingerprint density at radius 2 is 0.892 bits per heavy atom. The van der Waals surface area contributed by atoms with Crippen molar-refractivity contribution in [2.45, 2.75) is 76.0 Å². The van der Waals surface area contributed by atoms with E-state index in [-0.39, 0.29) is 16.2 Å². The summed E-state index contributed by atoms with van der Waals surface area (Å²) < 4.78 is 0. The van der Waals surface area contributed by atoms with Crippen molar-refractivity contribution in [2.75, 3.05) is 4.90 Å². The van der Waals surface area contributed by atoms with E-state index in [1.807, 2.05) is 0 Å². The molecule has 4 fully saturated rings. The van der Waals surface area contributed by atoms with Crippen molar-refractivity contribution in [3.05, 3.63) is 209 Å². The molecule has 0 heterocycles. The van der Waals surface area contributed by atoms with Crippen LogP contribution in [0.2, 0.25) is 0 Å². The second-order valence-electron chi connectivity index (χ2n) is 21.7. The highest BCUT2D eigenvalue weighted by Crippen LogP contribution is 2.69. The van der Waals surface area contributed by atoms with Gasteiger partial charge in [0, 0.05) is 33.2 Å². The molecular weight excluding hydrogens is 783 g/mol. The minimum atomic E-state index is -0.126. The Hall–Kier alpha value is -6.44. The van der Waals surface area contributed by atoms with E-state index in [1.54, 1.807) is 11.1 Å². The van der Waals surface area contributed by atoms with Gasteiger partial charge in [-0.05, 0) is 176 Å². The summed E-state index contributed by atoms with van der Waals surface area (Å²) in [7, 11) is 0. The van der Waals surface area contributed by atoms with Crippen LogP contribution in [0.5, 0.6) is 0 Å².